The van der Waals surface area contributed by atoms with Gasteiger partial charge in [0, 0.05) is 23.8 Å². The van der Waals surface area contributed by atoms with Gasteiger partial charge >= 0.3 is 0 Å². The van der Waals surface area contributed by atoms with Gasteiger partial charge in [-0.25, -0.2) is 0 Å². The Bertz CT molecular complexity index is 377. The van der Waals surface area contributed by atoms with Crippen molar-refractivity contribution in [2.24, 2.45) is 0 Å². The number of aldehydes is 1. The first-order chi connectivity index (χ1) is 7.36. The van der Waals surface area contributed by atoms with E-state index in [0.29, 0.717) is 18.6 Å². The molecule has 1 aromatic rings. The monoisotopic (exact) mass is 220 g/mol. The lowest BCUT2D eigenvalue weighted by Crippen LogP contribution is -1.83. The summed E-state index contributed by atoms with van der Waals surface area (Å²) in [4.78, 5) is 10.5. The number of benzene rings is 1. The van der Waals surface area contributed by atoms with Gasteiger partial charge in [-0.1, -0.05) is 24.0 Å². The molecule has 3 heteroatoms. The fraction of sp³-hybridized carbons (Fsp3) is 0.250. The molecular weight excluding hydrogens is 208 g/mol. The minimum atomic E-state index is 0.627. The van der Waals surface area contributed by atoms with Gasteiger partial charge in [-0.2, -0.15) is 0 Å². The summed E-state index contributed by atoms with van der Waals surface area (Å²) in [6.45, 7) is 0.627. The fourth-order valence-corrected chi connectivity index (χ4v) is 1.28. The maximum Gasteiger partial charge on any atom is 0.150 e. The van der Waals surface area contributed by atoms with Crippen LogP contribution in [0.25, 0.3) is 0 Å². The van der Waals surface area contributed by atoms with Gasteiger partial charge in [-0.15, -0.1) is 0 Å². The van der Waals surface area contributed by atoms with Gasteiger partial charge in [0.2, 0.25) is 0 Å². The Balaban J connectivity index is 2.51. The van der Waals surface area contributed by atoms with E-state index >= 15 is 0 Å². The molecule has 0 aliphatic carbocycles. The average molecular weight is 220 g/mol. The second-order valence-electron chi connectivity index (χ2n) is 2.78. The normalized spacial score (nSPS) is 9.13. The predicted molar refractivity (Wildman–Crippen MR) is 62.8 cm³/mol. The Labute approximate surface area is 94.2 Å². The highest BCUT2D eigenvalue weighted by atomic mass is 32.2. The van der Waals surface area contributed by atoms with Crippen LogP contribution in [0.4, 0.5) is 0 Å². The van der Waals surface area contributed by atoms with Crippen molar-refractivity contribution >= 4 is 18.3 Å². The molecule has 1 aromatic carbocycles. The summed E-state index contributed by atoms with van der Waals surface area (Å²) in [5.74, 6) is 5.96. The van der Waals surface area contributed by atoms with Gasteiger partial charge < -0.3 is 4.18 Å². The maximum absolute atomic E-state index is 10.5. The summed E-state index contributed by atoms with van der Waals surface area (Å²) in [5.41, 5.74) is 1.52. The van der Waals surface area contributed by atoms with Gasteiger partial charge in [-0.05, 0) is 24.2 Å². The second kappa shape index (κ2) is 7.10. The predicted octanol–water partition coefficient (Wildman–Crippen LogP) is 2.54. The lowest BCUT2D eigenvalue weighted by molar-refractivity contribution is 0.112. The number of hydrogen-bond acceptors (Lipinski definition) is 3. The van der Waals surface area contributed by atoms with Crippen molar-refractivity contribution in [3.05, 3.63) is 35.4 Å². The first-order valence-corrected chi connectivity index (χ1v) is 5.71. The Morgan fingerprint density at radius 1 is 1.53 bits per heavy atom. The summed E-state index contributed by atoms with van der Waals surface area (Å²) >= 11 is 1.34. The van der Waals surface area contributed by atoms with Crippen molar-refractivity contribution in [3.63, 3.8) is 0 Å². The van der Waals surface area contributed by atoms with E-state index in [-0.39, 0.29) is 0 Å². The molecule has 2 nitrogen and oxygen atoms in total. The van der Waals surface area contributed by atoms with E-state index in [9.17, 15) is 4.79 Å². The molecule has 0 atom stereocenters. The number of hydrogen-bond donors (Lipinski definition) is 0. The lowest BCUT2D eigenvalue weighted by Gasteiger charge is -1.93. The minimum absolute atomic E-state index is 0.627. The van der Waals surface area contributed by atoms with Crippen LogP contribution in [0.15, 0.2) is 24.3 Å². The van der Waals surface area contributed by atoms with Crippen molar-refractivity contribution < 1.29 is 8.98 Å². The van der Waals surface area contributed by atoms with Crippen molar-refractivity contribution in [1.82, 2.24) is 0 Å². The van der Waals surface area contributed by atoms with E-state index in [2.05, 4.69) is 11.8 Å². The fourth-order valence-electron chi connectivity index (χ4n) is 1.03. The van der Waals surface area contributed by atoms with Gasteiger partial charge in [0.15, 0.2) is 0 Å². The quantitative estimate of drug-likeness (QED) is 0.337. The van der Waals surface area contributed by atoms with E-state index in [0.717, 1.165) is 11.8 Å². The van der Waals surface area contributed by atoms with Crippen LogP contribution in [-0.2, 0) is 4.18 Å². The zero-order valence-electron chi connectivity index (χ0n) is 8.53. The molecule has 0 saturated carbocycles. The summed E-state index contributed by atoms with van der Waals surface area (Å²) in [6.07, 6.45) is 3.40. The van der Waals surface area contributed by atoms with Gasteiger partial charge in [0.05, 0.1) is 6.61 Å². The molecule has 78 valence electrons. The Morgan fingerprint density at radius 3 is 3.13 bits per heavy atom. The molecule has 0 radical (unpaired) electrons. The van der Waals surface area contributed by atoms with Crippen LogP contribution in [-0.4, -0.2) is 19.1 Å². The summed E-state index contributed by atoms with van der Waals surface area (Å²) in [7, 11) is 0. The molecular formula is C12H12O2S. The molecule has 0 aliphatic heterocycles. The summed E-state index contributed by atoms with van der Waals surface area (Å²) < 4.78 is 5.07. The SMILES string of the molecule is CSOCCC#Cc1cccc(C=O)c1. The zero-order chi connectivity index (χ0) is 10.9. The van der Waals surface area contributed by atoms with Crippen LogP contribution in [0, 0.1) is 11.8 Å². The third-order valence-corrected chi connectivity index (χ3v) is 2.09. The van der Waals surface area contributed by atoms with Gasteiger partial charge in [0.25, 0.3) is 0 Å². The van der Waals surface area contributed by atoms with Crippen molar-refractivity contribution in [2.45, 2.75) is 6.42 Å². The smallest absolute Gasteiger partial charge is 0.150 e. The van der Waals surface area contributed by atoms with Crippen LogP contribution in [0.2, 0.25) is 0 Å². The van der Waals surface area contributed by atoms with E-state index < -0.39 is 0 Å². The molecule has 0 aliphatic rings. The molecule has 15 heavy (non-hydrogen) atoms. The molecule has 0 aromatic heterocycles. The van der Waals surface area contributed by atoms with Crippen LogP contribution in [0.3, 0.4) is 0 Å². The largest absolute Gasteiger partial charge is 0.315 e. The number of carbonyl (C=O) groups excluding carboxylic acids is 1. The standard InChI is InChI=1S/C12H12O2S/c1-15-14-8-3-2-5-11-6-4-7-12(9-11)10-13/h4,6-7,9-10H,3,8H2,1H3. The first kappa shape index (κ1) is 11.8. The topological polar surface area (TPSA) is 26.3 Å². The van der Waals surface area contributed by atoms with E-state index in [1.54, 1.807) is 12.1 Å². The summed E-state index contributed by atoms with van der Waals surface area (Å²) in [6, 6.07) is 7.24. The van der Waals surface area contributed by atoms with Crippen LogP contribution in [0.1, 0.15) is 22.3 Å². The molecule has 1 rings (SSSR count). The third kappa shape index (κ3) is 4.68. The van der Waals surface area contributed by atoms with Crippen molar-refractivity contribution in [2.75, 3.05) is 12.9 Å². The molecule has 0 amide bonds. The number of rotatable bonds is 4. The minimum Gasteiger partial charge on any atom is -0.315 e. The molecule has 0 heterocycles. The molecule has 0 fully saturated rings. The Kier molecular flexibility index (Phi) is 5.60. The maximum atomic E-state index is 10.5. The van der Waals surface area contributed by atoms with Crippen LogP contribution >= 0.6 is 12.0 Å². The first-order valence-electron chi connectivity index (χ1n) is 4.56. The van der Waals surface area contributed by atoms with Crippen LogP contribution in [0.5, 0.6) is 0 Å². The highest BCUT2D eigenvalue weighted by molar-refractivity contribution is 7.93. The van der Waals surface area contributed by atoms with Crippen LogP contribution < -0.4 is 0 Å². The highest BCUT2D eigenvalue weighted by Gasteiger charge is 1.90. The second-order valence-corrected chi connectivity index (χ2v) is 3.35. The molecule has 0 unspecified atom stereocenters. The Hall–Kier alpha value is -1.24. The van der Waals surface area contributed by atoms with Crippen molar-refractivity contribution in [1.29, 1.82) is 0 Å². The van der Waals surface area contributed by atoms with Crippen molar-refractivity contribution in [3.8, 4) is 11.8 Å². The van der Waals surface area contributed by atoms with E-state index in [1.165, 1.54) is 12.0 Å². The van der Waals surface area contributed by atoms with E-state index in [1.807, 2.05) is 18.4 Å². The highest BCUT2D eigenvalue weighted by Crippen LogP contribution is 2.01. The molecule has 0 bridgehead atoms. The zero-order valence-corrected chi connectivity index (χ0v) is 9.34. The molecule has 0 spiro atoms. The molecule has 0 N–H and O–H groups in total. The third-order valence-electron chi connectivity index (χ3n) is 1.68. The van der Waals surface area contributed by atoms with Gasteiger partial charge in [0.1, 0.15) is 6.29 Å². The lowest BCUT2D eigenvalue weighted by atomic mass is 10.1. The number of carbonyl (C=O) groups is 1. The summed E-state index contributed by atoms with van der Waals surface area (Å²) in [5, 5.41) is 0. The van der Waals surface area contributed by atoms with Gasteiger partial charge in [-0.3, -0.25) is 4.79 Å². The Morgan fingerprint density at radius 2 is 2.40 bits per heavy atom. The average Bonchev–Trinajstić information content (AvgIpc) is 2.29. The van der Waals surface area contributed by atoms with E-state index in [4.69, 9.17) is 4.18 Å². The molecule has 0 saturated heterocycles.